The van der Waals surface area contributed by atoms with Gasteiger partial charge >= 0.3 is 6.18 Å². The number of benzene rings is 1. The quantitative estimate of drug-likeness (QED) is 0.654. The van der Waals surface area contributed by atoms with Crippen LogP contribution in [0, 0.1) is 5.92 Å². The Balaban J connectivity index is 1.30. The molecule has 2 unspecified atom stereocenters. The fourth-order valence-electron chi connectivity index (χ4n) is 4.56. The predicted octanol–water partition coefficient (Wildman–Crippen LogP) is 3.54. The van der Waals surface area contributed by atoms with E-state index in [1.165, 1.54) is 12.1 Å². The molecule has 5 rings (SSSR count). The Morgan fingerprint density at radius 1 is 1.07 bits per heavy atom. The van der Waals surface area contributed by atoms with Crippen LogP contribution in [0.15, 0.2) is 51.8 Å². The summed E-state index contributed by atoms with van der Waals surface area (Å²) in [6.45, 7) is 2.80. The van der Waals surface area contributed by atoms with Crippen LogP contribution < -0.4 is 5.56 Å². The lowest BCUT2D eigenvalue weighted by Gasteiger charge is -2.42. The minimum atomic E-state index is -4.38. The number of hydrogen-bond acceptors (Lipinski definition) is 5. The number of likely N-dealkylation sites (tertiary alicyclic amines) is 1. The summed E-state index contributed by atoms with van der Waals surface area (Å²) in [5, 5.41) is 3.92. The minimum absolute atomic E-state index is 0.0498. The second-order valence-corrected chi connectivity index (χ2v) is 7.98. The van der Waals surface area contributed by atoms with Crippen LogP contribution >= 0.6 is 0 Å². The van der Waals surface area contributed by atoms with Crippen LogP contribution in [-0.2, 0) is 19.3 Å². The number of hydrogen-bond donors (Lipinski definition) is 0. The Morgan fingerprint density at radius 2 is 1.87 bits per heavy atom. The molecule has 9 heteroatoms. The Labute approximate surface area is 169 Å². The topological polar surface area (TPSA) is 64.2 Å². The Kier molecular flexibility index (Phi) is 4.50. The molecule has 3 aromatic rings. The van der Waals surface area contributed by atoms with Crippen molar-refractivity contribution in [3.8, 4) is 11.4 Å². The number of aromatic nitrogens is 3. The molecule has 2 atom stereocenters. The molecule has 156 valence electrons. The number of piperidine rings is 1. The van der Waals surface area contributed by atoms with E-state index in [2.05, 4.69) is 15.0 Å². The molecule has 0 amide bonds. The second-order valence-electron chi connectivity index (χ2n) is 7.98. The predicted molar refractivity (Wildman–Crippen MR) is 102 cm³/mol. The third-order valence-electron chi connectivity index (χ3n) is 5.85. The molecular weight excluding hydrogens is 397 g/mol. The van der Waals surface area contributed by atoms with Crippen molar-refractivity contribution in [1.29, 1.82) is 0 Å². The van der Waals surface area contributed by atoms with Crippen LogP contribution in [0.4, 0.5) is 13.2 Å². The van der Waals surface area contributed by atoms with Crippen molar-refractivity contribution in [1.82, 2.24) is 19.6 Å². The molecule has 0 radical (unpaired) electrons. The van der Waals surface area contributed by atoms with Gasteiger partial charge in [0, 0.05) is 42.9 Å². The molecule has 30 heavy (non-hydrogen) atoms. The number of alkyl halides is 3. The van der Waals surface area contributed by atoms with Crippen LogP contribution in [0.25, 0.3) is 11.4 Å². The molecule has 1 saturated heterocycles. The summed E-state index contributed by atoms with van der Waals surface area (Å²) >= 11 is 0. The average Bonchev–Trinajstić information content (AvgIpc) is 3.17. The van der Waals surface area contributed by atoms with E-state index in [1.807, 2.05) is 16.7 Å². The summed E-state index contributed by atoms with van der Waals surface area (Å²) in [7, 11) is 0. The van der Waals surface area contributed by atoms with Gasteiger partial charge < -0.3 is 9.09 Å². The lowest BCUT2D eigenvalue weighted by Crippen LogP contribution is -2.46. The van der Waals surface area contributed by atoms with Gasteiger partial charge in [0.1, 0.15) is 0 Å². The molecular formula is C21H19F3N4O2. The standard InChI is InChI=1S/C21H19F3N4O2/c22-21(23,24)16-6-4-14(5-7-16)20-25-18(30-26-20)12-27-9-13-8-15(11-27)17-2-1-3-19(29)28(17)10-13/h1-7,13,15H,8-12H2. The molecule has 1 aromatic carbocycles. The van der Waals surface area contributed by atoms with E-state index in [-0.39, 0.29) is 17.3 Å². The van der Waals surface area contributed by atoms with Crippen molar-refractivity contribution in [2.45, 2.75) is 31.6 Å². The zero-order chi connectivity index (χ0) is 20.9. The van der Waals surface area contributed by atoms with Gasteiger partial charge in [-0.3, -0.25) is 9.69 Å². The summed E-state index contributed by atoms with van der Waals surface area (Å²) in [5.74, 6) is 1.36. The summed E-state index contributed by atoms with van der Waals surface area (Å²) in [6, 6.07) is 10.1. The minimum Gasteiger partial charge on any atom is -0.338 e. The van der Waals surface area contributed by atoms with Crippen molar-refractivity contribution in [2.24, 2.45) is 5.92 Å². The second kappa shape index (κ2) is 7.09. The summed E-state index contributed by atoms with van der Waals surface area (Å²) in [4.78, 5) is 18.7. The first-order valence-electron chi connectivity index (χ1n) is 9.79. The van der Waals surface area contributed by atoms with E-state index < -0.39 is 11.7 Å². The van der Waals surface area contributed by atoms with Crippen molar-refractivity contribution < 1.29 is 17.7 Å². The highest BCUT2D eigenvalue weighted by molar-refractivity contribution is 5.54. The maximum absolute atomic E-state index is 12.7. The van der Waals surface area contributed by atoms with Crippen molar-refractivity contribution in [3.05, 3.63) is 70.0 Å². The van der Waals surface area contributed by atoms with Gasteiger partial charge in [0.05, 0.1) is 12.1 Å². The van der Waals surface area contributed by atoms with Gasteiger partial charge in [-0.05, 0) is 30.5 Å². The molecule has 1 fully saturated rings. The van der Waals surface area contributed by atoms with Crippen LogP contribution in [0.5, 0.6) is 0 Å². The summed E-state index contributed by atoms with van der Waals surface area (Å²) in [5.41, 5.74) is 0.879. The fraction of sp³-hybridized carbons (Fsp3) is 0.381. The number of fused-ring (bicyclic) bond motifs is 4. The molecule has 6 nitrogen and oxygen atoms in total. The van der Waals surface area contributed by atoms with Crippen molar-refractivity contribution >= 4 is 0 Å². The van der Waals surface area contributed by atoms with Crippen LogP contribution in [0.3, 0.4) is 0 Å². The van der Waals surface area contributed by atoms with Gasteiger partial charge in [0.15, 0.2) is 0 Å². The lowest BCUT2D eigenvalue weighted by molar-refractivity contribution is -0.137. The molecule has 0 saturated carbocycles. The Hall–Kier alpha value is -2.94. The van der Waals surface area contributed by atoms with Gasteiger partial charge in [-0.1, -0.05) is 23.4 Å². The van der Waals surface area contributed by atoms with Crippen LogP contribution in [0.1, 0.15) is 29.5 Å². The molecule has 2 aliphatic rings. The van der Waals surface area contributed by atoms with Gasteiger partial charge in [0.2, 0.25) is 11.7 Å². The third-order valence-corrected chi connectivity index (χ3v) is 5.85. The first kappa shape index (κ1) is 19.0. The smallest absolute Gasteiger partial charge is 0.338 e. The van der Waals surface area contributed by atoms with Gasteiger partial charge in [-0.25, -0.2) is 0 Å². The maximum atomic E-state index is 12.7. The van der Waals surface area contributed by atoms with Crippen molar-refractivity contribution in [3.63, 3.8) is 0 Å². The van der Waals surface area contributed by atoms with E-state index in [0.717, 1.165) is 37.3 Å². The molecule has 0 N–H and O–H groups in total. The van der Waals surface area contributed by atoms with Gasteiger partial charge in [-0.15, -0.1) is 0 Å². The Morgan fingerprint density at radius 3 is 2.63 bits per heavy atom. The number of rotatable bonds is 3. The molecule has 2 aromatic heterocycles. The third kappa shape index (κ3) is 3.54. The van der Waals surface area contributed by atoms with Crippen molar-refractivity contribution in [2.75, 3.05) is 13.1 Å². The number of pyridine rings is 1. The largest absolute Gasteiger partial charge is 0.416 e. The normalized spacial score (nSPS) is 21.4. The van der Waals surface area contributed by atoms with E-state index >= 15 is 0 Å². The molecule has 0 aliphatic carbocycles. The van der Waals surface area contributed by atoms with E-state index in [1.54, 1.807) is 6.07 Å². The zero-order valence-corrected chi connectivity index (χ0v) is 16.0. The van der Waals surface area contributed by atoms with Gasteiger partial charge in [0.25, 0.3) is 5.56 Å². The van der Waals surface area contributed by atoms with Gasteiger partial charge in [-0.2, -0.15) is 18.2 Å². The molecule has 2 bridgehead atoms. The lowest BCUT2D eigenvalue weighted by atomic mass is 9.83. The fourth-order valence-corrected chi connectivity index (χ4v) is 4.56. The number of nitrogens with zero attached hydrogens (tertiary/aromatic N) is 4. The number of halogens is 3. The maximum Gasteiger partial charge on any atom is 0.416 e. The Bertz CT molecular complexity index is 1120. The van der Waals surface area contributed by atoms with E-state index in [4.69, 9.17) is 4.52 Å². The highest BCUT2D eigenvalue weighted by atomic mass is 19.4. The van der Waals surface area contributed by atoms with Crippen LogP contribution in [0.2, 0.25) is 0 Å². The first-order valence-corrected chi connectivity index (χ1v) is 9.79. The SMILES string of the molecule is O=c1cccc2n1CC1CC2CN(Cc2nc(-c3ccc(C(F)(F)F)cc3)no2)C1. The zero-order valence-electron chi connectivity index (χ0n) is 16.0. The average molecular weight is 416 g/mol. The molecule has 2 aliphatic heterocycles. The molecule has 0 spiro atoms. The monoisotopic (exact) mass is 416 g/mol. The first-order chi connectivity index (χ1) is 14.4. The summed E-state index contributed by atoms with van der Waals surface area (Å²) < 4.78 is 45.4. The van der Waals surface area contributed by atoms with Crippen LogP contribution in [-0.4, -0.2) is 32.7 Å². The highest BCUT2D eigenvalue weighted by Gasteiger charge is 2.35. The summed E-state index contributed by atoms with van der Waals surface area (Å²) in [6.07, 6.45) is -3.32. The molecule has 4 heterocycles. The van der Waals surface area contributed by atoms with E-state index in [9.17, 15) is 18.0 Å². The van der Waals surface area contributed by atoms with E-state index in [0.29, 0.717) is 30.5 Å². The highest BCUT2D eigenvalue weighted by Crippen LogP contribution is 2.35.